The summed E-state index contributed by atoms with van der Waals surface area (Å²) in [6, 6.07) is 8.68. The van der Waals surface area contributed by atoms with Gasteiger partial charge in [0.2, 0.25) is 0 Å². The summed E-state index contributed by atoms with van der Waals surface area (Å²) in [6.07, 6.45) is -1.84. The number of alkyl halides is 2. The van der Waals surface area contributed by atoms with E-state index in [4.69, 9.17) is 56.4 Å². The van der Waals surface area contributed by atoms with Crippen molar-refractivity contribution in [3.63, 3.8) is 0 Å². The first kappa shape index (κ1) is 40.7. The van der Waals surface area contributed by atoms with Crippen molar-refractivity contribution in [1.82, 2.24) is 0 Å². The van der Waals surface area contributed by atoms with Crippen molar-refractivity contribution in [2.75, 3.05) is 64.6 Å². The van der Waals surface area contributed by atoms with Gasteiger partial charge in [0.25, 0.3) is 0 Å². The van der Waals surface area contributed by atoms with E-state index in [1.807, 2.05) is 0 Å². The molecule has 2 N–H and O–H groups in total. The lowest BCUT2D eigenvalue weighted by molar-refractivity contribution is -0.163. The van der Waals surface area contributed by atoms with Crippen LogP contribution in [0.2, 0.25) is 0 Å². The summed E-state index contributed by atoms with van der Waals surface area (Å²) in [6.45, 7) is -0.267. The molecule has 2 unspecified atom stereocenters. The van der Waals surface area contributed by atoms with Crippen molar-refractivity contribution in [1.29, 1.82) is 0 Å². The normalized spacial score (nSPS) is 14.8. The van der Waals surface area contributed by atoms with Gasteiger partial charge in [-0.25, -0.2) is 9.59 Å². The van der Waals surface area contributed by atoms with Crippen LogP contribution in [0, 0.1) is 16.2 Å². The van der Waals surface area contributed by atoms with Crippen LogP contribution in [0.3, 0.4) is 0 Å². The van der Waals surface area contributed by atoms with Gasteiger partial charge in [-0.15, -0.1) is 23.2 Å². The van der Waals surface area contributed by atoms with Gasteiger partial charge in [-0.3, -0.25) is 14.4 Å². The predicted molar refractivity (Wildman–Crippen MR) is 162 cm³/mol. The molecular weight excluding hydrogens is 655 g/mol. The second-order valence-electron chi connectivity index (χ2n) is 11.1. The number of hydrogen-bond acceptors (Lipinski definition) is 14. The SMILES string of the molecule is CC(CO)(COC(=O)OCC(C)(COC(=O)OCC(C)(CO)C(=O)OCCCCl)C(=O)OCc1ccccc1)C(=O)OCCCCl. The highest BCUT2D eigenvalue weighted by molar-refractivity contribution is 6.18. The van der Waals surface area contributed by atoms with Gasteiger partial charge in [0, 0.05) is 11.8 Å². The Hall–Kier alpha value is -3.33. The van der Waals surface area contributed by atoms with E-state index in [9.17, 15) is 34.2 Å². The minimum Gasteiger partial charge on any atom is -0.465 e. The summed E-state index contributed by atoms with van der Waals surface area (Å²) in [4.78, 5) is 62.6. The molecule has 0 aliphatic heterocycles. The lowest BCUT2D eigenvalue weighted by atomic mass is 9.93. The minimum atomic E-state index is -1.78. The number of carbonyl (C=O) groups is 5. The van der Waals surface area contributed by atoms with E-state index in [0.29, 0.717) is 18.4 Å². The maximum Gasteiger partial charge on any atom is 0.508 e. The van der Waals surface area contributed by atoms with Gasteiger partial charge in [0.1, 0.15) is 49.3 Å². The molecule has 1 rings (SSSR count). The third-order valence-electron chi connectivity index (χ3n) is 6.45. The van der Waals surface area contributed by atoms with Gasteiger partial charge in [-0.05, 0) is 39.2 Å². The molecule has 0 amide bonds. The Morgan fingerprint density at radius 3 is 1.33 bits per heavy atom. The van der Waals surface area contributed by atoms with Crippen molar-refractivity contribution in [3.8, 4) is 0 Å². The summed E-state index contributed by atoms with van der Waals surface area (Å²) in [5, 5.41) is 19.4. The van der Waals surface area contributed by atoms with Crippen LogP contribution in [-0.4, -0.2) is 105 Å². The Morgan fingerprint density at radius 1 is 0.587 bits per heavy atom. The molecule has 0 fully saturated rings. The maximum absolute atomic E-state index is 13.1. The second kappa shape index (κ2) is 20.7. The largest absolute Gasteiger partial charge is 0.508 e. The van der Waals surface area contributed by atoms with E-state index in [2.05, 4.69) is 0 Å². The molecule has 1 aromatic rings. The zero-order valence-electron chi connectivity index (χ0n) is 26.1. The third kappa shape index (κ3) is 14.0. The molecule has 260 valence electrons. The van der Waals surface area contributed by atoms with Crippen LogP contribution in [0.25, 0.3) is 0 Å². The minimum absolute atomic E-state index is 0.00609. The first-order valence-corrected chi connectivity index (χ1v) is 15.3. The summed E-state index contributed by atoms with van der Waals surface area (Å²) in [5.41, 5.74) is -4.33. The van der Waals surface area contributed by atoms with Gasteiger partial charge in [0.05, 0.1) is 26.4 Å². The fourth-order valence-electron chi connectivity index (χ4n) is 3.14. The van der Waals surface area contributed by atoms with Crippen LogP contribution in [0.5, 0.6) is 0 Å². The number of ether oxygens (including phenoxy) is 7. The van der Waals surface area contributed by atoms with E-state index >= 15 is 0 Å². The number of carbonyl (C=O) groups excluding carboxylic acids is 5. The molecule has 46 heavy (non-hydrogen) atoms. The van der Waals surface area contributed by atoms with Gasteiger partial charge in [-0.2, -0.15) is 0 Å². The Kier molecular flexibility index (Phi) is 18.3. The molecule has 0 radical (unpaired) electrons. The van der Waals surface area contributed by atoms with Gasteiger partial charge < -0.3 is 43.4 Å². The zero-order valence-corrected chi connectivity index (χ0v) is 27.6. The van der Waals surface area contributed by atoms with E-state index in [-0.39, 0.29) is 31.6 Å². The monoisotopic (exact) mass is 696 g/mol. The average molecular weight is 698 g/mol. The van der Waals surface area contributed by atoms with E-state index in [0.717, 1.165) is 0 Å². The number of aliphatic hydroxyl groups excluding tert-OH is 2. The smallest absolute Gasteiger partial charge is 0.465 e. The summed E-state index contributed by atoms with van der Waals surface area (Å²) < 4.78 is 35.6. The van der Waals surface area contributed by atoms with Crippen molar-refractivity contribution < 1.29 is 67.3 Å². The molecule has 14 nitrogen and oxygen atoms in total. The number of aliphatic hydroxyl groups is 2. The van der Waals surface area contributed by atoms with Crippen LogP contribution in [0.1, 0.15) is 39.2 Å². The lowest BCUT2D eigenvalue weighted by Crippen LogP contribution is -2.42. The van der Waals surface area contributed by atoms with E-state index < -0.39 is 86.1 Å². The summed E-state index contributed by atoms with van der Waals surface area (Å²) in [5.74, 6) is -2.05. The van der Waals surface area contributed by atoms with Gasteiger partial charge in [-0.1, -0.05) is 30.3 Å². The number of halogens is 2. The van der Waals surface area contributed by atoms with E-state index in [1.54, 1.807) is 30.3 Å². The number of esters is 3. The highest BCUT2D eigenvalue weighted by atomic mass is 35.5. The van der Waals surface area contributed by atoms with Crippen LogP contribution < -0.4 is 0 Å². The molecule has 2 atom stereocenters. The lowest BCUT2D eigenvalue weighted by Gasteiger charge is -2.28. The summed E-state index contributed by atoms with van der Waals surface area (Å²) in [7, 11) is 0. The quantitative estimate of drug-likeness (QED) is 0.0823. The molecule has 0 aliphatic rings. The number of rotatable bonds is 21. The fraction of sp³-hybridized carbons (Fsp3) is 0.633. The van der Waals surface area contributed by atoms with Crippen molar-refractivity contribution in [2.45, 2.75) is 40.2 Å². The third-order valence-corrected chi connectivity index (χ3v) is 6.98. The first-order chi connectivity index (χ1) is 21.8. The average Bonchev–Trinajstić information content (AvgIpc) is 3.07. The molecule has 0 heterocycles. The highest BCUT2D eigenvalue weighted by Crippen LogP contribution is 2.24. The molecule has 0 saturated heterocycles. The van der Waals surface area contributed by atoms with Crippen LogP contribution in [0.15, 0.2) is 30.3 Å². The van der Waals surface area contributed by atoms with Crippen LogP contribution in [-0.2, 0) is 54.1 Å². The Bertz CT molecular complexity index is 1060. The van der Waals surface area contributed by atoms with Crippen LogP contribution >= 0.6 is 23.2 Å². The zero-order chi connectivity index (χ0) is 34.6. The van der Waals surface area contributed by atoms with Crippen molar-refractivity contribution >= 4 is 53.4 Å². The first-order valence-electron chi connectivity index (χ1n) is 14.3. The fourth-order valence-corrected chi connectivity index (χ4v) is 3.36. The standard InChI is InChI=1S/C30H42Cl2O14/c1-28(16-33,23(35)40-13-7-11-31)18-43-26(38)45-20-30(3,25(37)42-15-22-9-5-4-6-10-22)21-46-27(39)44-19-29(2,17-34)24(36)41-14-8-12-32/h4-6,9-10,33-34H,7-8,11-21H2,1-3H3. The number of hydrogen-bond donors (Lipinski definition) is 2. The van der Waals surface area contributed by atoms with Gasteiger partial charge in [0.15, 0.2) is 0 Å². The molecule has 0 aromatic heterocycles. The Balaban J connectivity index is 2.88. The van der Waals surface area contributed by atoms with Crippen molar-refractivity contribution in [3.05, 3.63) is 35.9 Å². The molecule has 0 saturated carbocycles. The molecule has 16 heteroatoms. The second-order valence-corrected chi connectivity index (χ2v) is 11.8. The van der Waals surface area contributed by atoms with E-state index in [1.165, 1.54) is 20.8 Å². The molecule has 0 spiro atoms. The van der Waals surface area contributed by atoms with Crippen molar-refractivity contribution in [2.24, 2.45) is 16.2 Å². The molecule has 0 aliphatic carbocycles. The number of benzene rings is 1. The van der Waals surface area contributed by atoms with Crippen LogP contribution in [0.4, 0.5) is 9.59 Å². The molecule has 0 bridgehead atoms. The molecule has 1 aromatic carbocycles. The highest BCUT2D eigenvalue weighted by Gasteiger charge is 2.41. The topological polar surface area (TPSA) is 190 Å². The van der Waals surface area contributed by atoms with Gasteiger partial charge >= 0.3 is 30.2 Å². The Labute approximate surface area is 277 Å². The molecular formula is C30H42Cl2O14. The predicted octanol–water partition coefficient (Wildman–Crippen LogP) is 3.38. The Morgan fingerprint density at radius 2 is 0.957 bits per heavy atom. The summed E-state index contributed by atoms with van der Waals surface area (Å²) >= 11 is 11.1. The maximum atomic E-state index is 13.1.